The molecule has 2 saturated carbocycles. The first-order valence-electron chi connectivity index (χ1n) is 6.97. The Hall–Kier alpha value is -1.68. The lowest BCUT2D eigenvalue weighted by atomic mass is 9.95. The van der Waals surface area contributed by atoms with Gasteiger partial charge in [-0.15, -0.1) is 5.10 Å². The highest BCUT2D eigenvalue weighted by molar-refractivity contribution is 5.32. The molecule has 0 amide bonds. The second-order valence-electron chi connectivity index (χ2n) is 5.84. The molecule has 2 fully saturated rings. The minimum Gasteiger partial charge on any atom is -0.386 e. The van der Waals surface area contributed by atoms with Crippen LogP contribution in [-0.4, -0.2) is 20.1 Å². The van der Waals surface area contributed by atoms with Gasteiger partial charge in [0.05, 0.1) is 17.6 Å². The molecule has 1 aromatic carbocycles. The molecule has 1 aromatic heterocycles. The lowest BCUT2D eigenvalue weighted by Gasteiger charge is -2.19. The molecule has 1 N–H and O–H groups in total. The number of aliphatic hydroxyl groups excluding tert-OH is 1. The molecule has 19 heavy (non-hydrogen) atoms. The van der Waals surface area contributed by atoms with E-state index < -0.39 is 6.10 Å². The second-order valence-corrected chi connectivity index (χ2v) is 5.84. The number of hydrogen-bond acceptors (Lipinski definition) is 3. The average Bonchev–Trinajstić information content (AvgIpc) is 2.91. The number of hydrogen-bond donors (Lipinski definition) is 1. The van der Waals surface area contributed by atoms with Gasteiger partial charge < -0.3 is 5.11 Å². The van der Waals surface area contributed by atoms with E-state index in [1.807, 2.05) is 30.3 Å². The Balaban J connectivity index is 1.63. The molecule has 2 aliphatic carbocycles. The number of benzene rings is 1. The summed E-state index contributed by atoms with van der Waals surface area (Å²) in [6.45, 7) is 0. The lowest BCUT2D eigenvalue weighted by Crippen LogP contribution is -2.15. The quantitative estimate of drug-likeness (QED) is 0.916. The number of aliphatic hydroxyl groups is 1. The number of para-hydroxylation sites is 1. The summed E-state index contributed by atoms with van der Waals surface area (Å²) in [4.78, 5) is 0. The Kier molecular flexibility index (Phi) is 2.45. The Morgan fingerprint density at radius 3 is 2.58 bits per heavy atom. The van der Waals surface area contributed by atoms with Crippen LogP contribution in [0.4, 0.5) is 0 Å². The van der Waals surface area contributed by atoms with Gasteiger partial charge in [0.25, 0.3) is 0 Å². The molecule has 2 aliphatic rings. The highest BCUT2D eigenvalue weighted by Crippen LogP contribution is 2.57. The molecule has 3 unspecified atom stereocenters. The van der Waals surface area contributed by atoms with Crippen LogP contribution in [0.3, 0.4) is 0 Å². The van der Waals surface area contributed by atoms with Gasteiger partial charge >= 0.3 is 0 Å². The summed E-state index contributed by atoms with van der Waals surface area (Å²) >= 11 is 0. The molecule has 0 spiro atoms. The van der Waals surface area contributed by atoms with Gasteiger partial charge in [-0.2, -0.15) is 0 Å². The summed E-state index contributed by atoms with van der Waals surface area (Å²) in [5, 5.41) is 18.7. The first-order valence-corrected chi connectivity index (χ1v) is 6.97. The van der Waals surface area contributed by atoms with Crippen LogP contribution in [0.1, 0.15) is 31.1 Å². The molecule has 0 bridgehead atoms. The van der Waals surface area contributed by atoms with Crippen LogP contribution in [0.5, 0.6) is 0 Å². The van der Waals surface area contributed by atoms with Crippen LogP contribution in [0.15, 0.2) is 36.5 Å². The molecular weight excluding hydrogens is 238 g/mol. The first kappa shape index (κ1) is 11.2. The predicted molar refractivity (Wildman–Crippen MR) is 70.6 cm³/mol. The van der Waals surface area contributed by atoms with Crippen molar-refractivity contribution in [1.82, 2.24) is 15.0 Å². The van der Waals surface area contributed by atoms with Gasteiger partial charge in [-0.25, -0.2) is 4.68 Å². The maximum Gasteiger partial charge on any atom is 0.101 e. The Labute approximate surface area is 112 Å². The maximum atomic E-state index is 10.6. The summed E-state index contributed by atoms with van der Waals surface area (Å²) in [5.41, 5.74) is 1.77. The van der Waals surface area contributed by atoms with Gasteiger partial charge in [0, 0.05) is 0 Å². The first-order chi connectivity index (χ1) is 9.33. The number of fused-ring (bicyclic) bond motifs is 1. The summed E-state index contributed by atoms with van der Waals surface area (Å²) in [6, 6.07) is 9.88. The van der Waals surface area contributed by atoms with Crippen LogP contribution in [0.25, 0.3) is 5.69 Å². The van der Waals surface area contributed by atoms with Crippen LogP contribution in [0, 0.1) is 17.8 Å². The van der Waals surface area contributed by atoms with Gasteiger partial charge in [-0.3, -0.25) is 0 Å². The summed E-state index contributed by atoms with van der Waals surface area (Å²) in [7, 11) is 0. The minimum absolute atomic E-state index is 0.379. The monoisotopic (exact) mass is 255 g/mol. The second kappa shape index (κ2) is 4.17. The van der Waals surface area contributed by atoms with E-state index in [0.29, 0.717) is 5.92 Å². The van der Waals surface area contributed by atoms with E-state index in [1.54, 1.807) is 10.9 Å². The van der Waals surface area contributed by atoms with Gasteiger partial charge in [-0.05, 0) is 49.1 Å². The third-order valence-electron chi connectivity index (χ3n) is 4.61. The van der Waals surface area contributed by atoms with Gasteiger partial charge in [0.1, 0.15) is 6.10 Å². The number of aromatic nitrogens is 3. The van der Waals surface area contributed by atoms with Crippen molar-refractivity contribution in [2.45, 2.75) is 25.4 Å². The van der Waals surface area contributed by atoms with Crippen molar-refractivity contribution in [3.05, 3.63) is 42.2 Å². The normalized spacial score (nSPS) is 30.1. The smallest absolute Gasteiger partial charge is 0.101 e. The molecule has 98 valence electrons. The largest absolute Gasteiger partial charge is 0.386 e. The third kappa shape index (κ3) is 1.87. The molecular formula is C15H17N3O. The number of nitrogens with zero attached hydrogens (tertiary/aromatic N) is 3. The van der Waals surface area contributed by atoms with Gasteiger partial charge in [-0.1, -0.05) is 23.4 Å². The Morgan fingerprint density at radius 1 is 1.11 bits per heavy atom. The highest BCUT2D eigenvalue weighted by atomic mass is 16.3. The van der Waals surface area contributed by atoms with E-state index in [-0.39, 0.29) is 0 Å². The fraction of sp³-hybridized carbons (Fsp3) is 0.467. The van der Waals surface area contributed by atoms with Crippen molar-refractivity contribution < 1.29 is 5.11 Å². The van der Waals surface area contributed by atoms with Crippen molar-refractivity contribution in [3.8, 4) is 5.69 Å². The molecule has 4 heteroatoms. The van der Waals surface area contributed by atoms with E-state index >= 15 is 0 Å². The average molecular weight is 255 g/mol. The minimum atomic E-state index is -0.442. The summed E-state index contributed by atoms with van der Waals surface area (Å²) in [5.74, 6) is 2.13. The topological polar surface area (TPSA) is 50.9 Å². The lowest BCUT2D eigenvalue weighted by molar-refractivity contribution is 0.0978. The van der Waals surface area contributed by atoms with Crippen LogP contribution >= 0.6 is 0 Å². The molecule has 4 rings (SSSR count). The Morgan fingerprint density at radius 2 is 1.84 bits per heavy atom. The van der Waals surface area contributed by atoms with E-state index in [0.717, 1.165) is 36.1 Å². The zero-order valence-corrected chi connectivity index (χ0v) is 10.7. The molecule has 3 atom stereocenters. The van der Waals surface area contributed by atoms with Crippen molar-refractivity contribution in [1.29, 1.82) is 0 Å². The van der Waals surface area contributed by atoms with E-state index in [4.69, 9.17) is 0 Å². The van der Waals surface area contributed by atoms with E-state index in [9.17, 15) is 5.11 Å². The fourth-order valence-corrected chi connectivity index (χ4v) is 3.48. The fourth-order valence-electron chi connectivity index (χ4n) is 3.48. The van der Waals surface area contributed by atoms with Crippen molar-refractivity contribution in [2.24, 2.45) is 17.8 Å². The molecule has 2 aromatic rings. The predicted octanol–water partition coefficient (Wildman–Crippen LogP) is 2.35. The van der Waals surface area contributed by atoms with Crippen LogP contribution in [0.2, 0.25) is 0 Å². The summed E-state index contributed by atoms with van der Waals surface area (Å²) < 4.78 is 1.76. The van der Waals surface area contributed by atoms with E-state index in [2.05, 4.69) is 10.3 Å². The zero-order chi connectivity index (χ0) is 12.8. The Bertz CT molecular complexity index is 570. The molecule has 4 nitrogen and oxygen atoms in total. The van der Waals surface area contributed by atoms with Crippen molar-refractivity contribution in [3.63, 3.8) is 0 Å². The standard InChI is InChI=1S/C15H17N3O/c19-15(12-7-10-6-11(10)8-12)14-9-16-17-18(14)13-4-2-1-3-5-13/h1-5,9-12,15,19H,6-8H2. The van der Waals surface area contributed by atoms with Crippen LogP contribution < -0.4 is 0 Å². The van der Waals surface area contributed by atoms with E-state index in [1.165, 1.54) is 6.42 Å². The van der Waals surface area contributed by atoms with Gasteiger partial charge in [0.15, 0.2) is 0 Å². The molecule has 0 radical (unpaired) electrons. The molecule has 0 aliphatic heterocycles. The van der Waals surface area contributed by atoms with Gasteiger partial charge in [0.2, 0.25) is 0 Å². The molecule has 1 heterocycles. The highest BCUT2D eigenvalue weighted by Gasteiger charge is 2.48. The number of rotatable bonds is 3. The summed E-state index contributed by atoms with van der Waals surface area (Å²) in [6.07, 6.45) is 4.95. The van der Waals surface area contributed by atoms with Crippen molar-refractivity contribution >= 4 is 0 Å². The maximum absolute atomic E-state index is 10.6. The third-order valence-corrected chi connectivity index (χ3v) is 4.61. The zero-order valence-electron chi connectivity index (χ0n) is 10.7. The van der Waals surface area contributed by atoms with Crippen molar-refractivity contribution in [2.75, 3.05) is 0 Å². The SMILES string of the molecule is OC(c1cnnn1-c1ccccc1)C1CC2CC2C1. The molecule has 0 saturated heterocycles. The van der Waals surface area contributed by atoms with Crippen LogP contribution in [-0.2, 0) is 0 Å².